The summed E-state index contributed by atoms with van der Waals surface area (Å²) in [7, 11) is 0. The average Bonchev–Trinajstić information content (AvgIpc) is 3.37. The largest absolute Gasteiger partial charge is 0.444 e. The fourth-order valence-electron chi connectivity index (χ4n) is 6.29. The van der Waals surface area contributed by atoms with Crippen molar-refractivity contribution in [3.05, 3.63) is 94.8 Å². The van der Waals surface area contributed by atoms with Crippen LogP contribution in [0.3, 0.4) is 0 Å². The Morgan fingerprint density at radius 3 is 2.53 bits per heavy atom. The minimum atomic E-state index is -0.580. The van der Waals surface area contributed by atoms with Gasteiger partial charge in [0.2, 0.25) is 5.91 Å². The number of aromatic nitrogens is 2. The number of benzene rings is 3. The molecule has 224 valence electrons. The molecule has 1 aromatic heterocycles. The van der Waals surface area contributed by atoms with Crippen LogP contribution in [0.25, 0.3) is 11.0 Å². The number of nitrogens with one attached hydrogen (secondary N) is 2. The first-order valence-electron chi connectivity index (χ1n) is 15.2. The van der Waals surface area contributed by atoms with E-state index in [-0.39, 0.29) is 24.1 Å². The molecular formula is C35H41N5O3. The number of carbonyl (C=O) groups excluding carboxylic acids is 2. The Balaban J connectivity index is 1.39. The lowest BCUT2D eigenvalue weighted by Gasteiger charge is -2.42. The van der Waals surface area contributed by atoms with Gasteiger partial charge in [-0.2, -0.15) is 0 Å². The molecule has 0 saturated carbocycles. The molecule has 2 aliphatic heterocycles. The van der Waals surface area contributed by atoms with Crippen LogP contribution >= 0.6 is 0 Å². The molecular weight excluding hydrogens is 538 g/mol. The van der Waals surface area contributed by atoms with E-state index in [0.717, 1.165) is 46.3 Å². The van der Waals surface area contributed by atoms with E-state index in [4.69, 9.17) is 9.72 Å². The third-order valence-electron chi connectivity index (χ3n) is 8.51. The van der Waals surface area contributed by atoms with Crippen molar-refractivity contribution in [1.82, 2.24) is 20.2 Å². The minimum absolute atomic E-state index is 0.00707. The Labute approximate surface area is 253 Å². The van der Waals surface area contributed by atoms with Crippen molar-refractivity contribution in [2.45, 2.75) is 77.6 Å². The summed E-state index contributed by atoms with van der Waals surface area (Å²) in [5.74, 6) is 0.0609. The number of carbonyl (C=O) groups is 2. The number of anilines is 1. The molecule has 0 radical (unpaired) electrons. The van der Waals surface area contributed by atoms with Crippen molar-refractivity contribution in [3.8, 4) is 0 Å². The van der Waals surface area contributed by atoms with Crippen molar-refractivity contribution < 1.29 is 14.3 Å². The maximum Gasteiger partial charge on any atom is 0.410 e. The molecule has 3 aromatic carbocycles. The topological polar surface area (TPSA) is 90.6 Å². The van der Waals surface area contributed by atoms with Gasteiger partial charge >= 0.3 is 6.09 Å². The van der Waals surface area contributed by atoms with Gasteiger partial charge in [0.15, 0.2) is 0 Å². The molecule has 0 bridgehead atoms. The molecule has 43 heavy (non-hydrogen) atoms. The molecule has 2 aliphatic rings. The lowest BCUT2D eigenvalue weighted by molar-refractivity contribution is -0.121. The van der Waals surface area contributed by atoms with Gasteiger partial charge in [0.05, 0.1) is 23.6 Å². The van der Waals surface area contributed by atoms with Gasteiger partial charge in [-0.15, -0.1) is 0 Å². The number of likely N-dealkylation sites (tertiary alicyclic amines) is 1. The number of hydrogen-bond acceptors (Lipinski definition) is 5. The average molecular weight is 580 g/mol. The first-order valence-corrected chi connectivity index (χ1v) is 15.2. The number of fused-ring (bicyclic) bond motifs is 2. The van der Waals surface area contributed by atoms with Gasteiger partial charge in [0.1, 0.15) is 17.3 Å². The molecule has 3 atom stereocenters. The maximum absolute atomic E-state index is 14.6. The molecule has 1 fully saturated rings. The monoisotopic (exact) mass is 579 g/mol. The van der Waals surface area contributed by atoms with Gasteiger partial charge < -0.3 is 24.8 Å². The Hall–Kier alpha value is -4.17. The van der Waals surface area contributed by atoms with E-state index in [1.54, 1.807) is 4.90 Å². The number of amides is 2. The highest BCUT2D eigenvalue weighted by Crippen LogP contribution is 2.44. The molecule has 4 aromatic rings. The highest BCUT2D eigenvalue weighted by molar-refractivity contribution is 6.01. The summed E-state index contributed by atoms with van der Waals surface area (Å²) in [6.45, 7) is 11.5. The van der Waals surface area contributed by atoms with Crippen LogP contribution in [-0.2, 0) is 16.1 Å². The second kappa shape index (κ2) is 11.5. The molecule has 0 spiro atoms. The summed E-state index contributed by atoms with van der Waals surface area (Å²) in [5.41, 5.74) is 6.56. The number of hydrogen-bond donors (Lipinski definition) is 2. The van der Waals surface area contributed by atoms with Crippen LogP contribution < -0.4 is 10.2 Å². The fraction of sp³-hybridized carbons (Fsp3) is 0.400. The molecule has 8 nitrogen and oxygen atoms in total. The van der Waals surface area contributed by atoms with Crippen LogP contribution in [0.2, 0.25) is 0 Å². The molecule has 8 heteroatoms. The van der Waals surface area contributed by atoms with Crippen LogP contribution in [0.1, 0.15) is 73.7 Å². The first kappa shape index (κ1) is 28.9. The number of aromatic amines is 1. The Bertz CT molecular complexity index is 1600. The quantitative estimate of drug-likeness (QED) is 0.280. The Kier molecular flexibility index (Phi) is 7.73. The summed E-state index contributed by atoms with van der Waals surface area (Å²) in [5, 5.41) is 3.84. The van der Waals surface area contributed by atoms with E-state index in [1.807, 2.05) is 62.1 Å². The number of rotatable bonds is 5. The van der Waals surface area contributed by atoms with E-state index in [9.17, 15) is 9.59 Å². The van der Waals surface area contributed by atoms with Gasteiger partial charge in [0.25, 0.3) is 0 Å². The number of para-hydroxylation sites is 1. The molecule has 3 heterocycles. The standard InChI is InChI=1S/C35H41N5O3/c1-22-18-27-28(19-23(22)2)38-32(37-27)30-31(36-25-14-11-17-39(21-25)34(42)43-35(3,4)5)26-15-9-10-16-29(26)40(33(30)41)20-24-12-7-6-8-13-24/h6-10,12-13,15-16,18-19,25,30-31,36H,11,14,17,20-21H2,1-5H3,(H,37,38). The number of aryl methyl sites for hydroxylation is 2. The Morgan fingerprint density at radius 1 is 1.05 bits per heavy atom. The second-order valence-corrected chi connectivity index (χ2v) is 12.9. The fourth-order valence-corrected chi connectivity index (χ4v) is 6.29. The van der Waals surface area contributed by atoms with Crippen molar-refractivity contribution in [2.24, 2.45) is 0 Å². The summed E-state index contributed by atoms with van der Waals surface area (Å²) in [4.78, 5) is 39.8. The number of piperidine rings is 1. The number of nitrogens with zero attached hydrogens (tertiary/aromatic N) is 3. The van der Waals surface area contributed by atoms with Crippen molar-refractivity contribution in [1.29, 1.82) is 0 Å². The summed E-state index contributed by atoms with van der Waals surface area (Å²) in [6.07, 6.45) is 1.45. The highest BCUT2D eigenvalue weighted by Gasteiger charge is 2.44. The normalized spacial score (nSPS) is 20.8. The molecule has 3 unspecified atom stereocenters. The van der Waals surface area contributed by atoms with Crippen molar-refractivity contribution in [3.63, 3.8) is 0 Å². The van der Waals surface area contributed by atoms with Crippen LogP contribution in [0.4, 0.5) is 10.5 Å². The van der Waals surface area contributed by atoms with Crippen molar-refractivity contribution in [2.75, 3.05) is 18.0 Å². The van der Waals surface area contributed by atoms with Gasteiger partial charge in [-0.25, -0.2) is 9.78 Å². The smallest absolute Gasteiger partial charge is 0.410 e. The van der Waals surface area contributed by atoms with E-state index in [1.165, 1.54) is 5.56 Å². The molecule has 1 saturated heterocycles. The van der Waals surface area contributed by atoms with Crippen LogP contribution in [0.15, 0.2) is 66.7 Å². The summed E-state index contributed by atoms with van der Waals surface area (Å²) < 4.78 is 5.69. The van der Waals surface area contributed by atoms with E-state index in [2.05, 4.69) is 54.5 Å². The van der Waals surface area contributed by atoms with Crippen LogP contribution in [0.5, 0.6) is 0 Å². The maximum atomic E-state index is 14.6. The lowest BCUT2D eigenvalue weighted by Crippen LogP contribution is -2.53. The van der Waals surface area contributed by atoms with Gasteiger partial charge in [-0.05, 0) is 87.9 Å². The SMILES string of the molecule is Cc1cc2nc(C3C(=O)N(Cc4ccccc4)c4ccccc4C3NC3CCCN(C(=O)OC(C)(C)C)C3)[nH]c2cc1C. The van der Waals surface area contributed by atoms with Gasteiger partial charge in [0, 0.05) is 24.8 Å². The van der Waals surface area contributed by atoms with Gasteiger partial charge in [-0.3, -0.25) is 4.79 Å². The zero-order valence-electron chi connectivity index (χ0n) is 25.7. The molecule has 2 amide bonds. The summed E-state index contributed by atoms with van der Waals surface area (Å²) in [6, 6.07) is 22.1. The van der Waals surface area contributed by atoms with E-state index >= 15 is 0 Å². The highest BCUT2D eigenvalue weighted by atomic mass is 16.6. The van der Waals surface area contributed by atoms with Gasteiger partial charge in [-0.1, -0.05) is 48.5 Å². The van der Waals surface area contributed by atoms with Crippen molar-refractivity contribution >= 4 is 28.7 Å². The third-order valence-corrected chi connectivity index (χ3v) is 8.51. The first-order chi connectivity index (χ1) is 20.6. The second-order valence-electron chi connectivity index (χ2n) is 12.9. The molecule has 2 N–H and O–H groups in total. The zero-order chi connectivity index (χ0) is 30.3. The Morgan fingerprint density at radius 2 is 1.77 bits per heavy atom. The van der Waals surface area contributed by atoms with E-state index < -0.39 is 11.5 Å². The number of H-pyrrole nitrogens is 1. The third kappa shape index (κ3) is 6.02. The number of ether oxygens (including phenoxy) is 1. The van der Waals surface area contributed by atoms with Crippen LogP contribution in [0, 0.1) is 13.8 Å². The zero-order valence-corrected chi connectivity index (χ0v) is 25.7. The summed E-state index contributed by atoms with van der Waals surface area (Å²) >= 11 is 0. The molecule has 6 rings (SSSR count). The predicted molar refractivity (Wildman–Crippen MR) is 169 cm³/mol. The van der Waals surface area contributed by atoms with Crippen LogP contribution in [-0.4, -0.2) is 51.6 Å². The molecule has 0 aliphatic carbocycles. The number of imidazole rings is 1. The minimum Gasteiger partial charge on any atom is -0.444 e. The predicted octanol–water partition coefficient (Wildman–Crippen LogP) is 6.54. The van der Waals surface area contributed by atoms with E-state index in [0.29, 0.717) is 25.5 Å². The lowest BCUT2D eigenvalue weighted by atomic mass is 9.84.